The Morgan fingerprint density at radius 1 is 1.08 bits per heavy atom. The molecule has 0 spiro atoms. The van der Waals surface area contributed by atoms with Crippen molar-refractivity contribution in [3.63, 3.8) is 0 Å². The summed E-state index contributed by atoms with van der Waals surface area (Å²) in [5.41, 5.74) is 2.56. The second-order valence-corrected chi connectivity index (χ2v) is 6.73. The zero-order valence-corrected chi connectivity index (χ0v) is 15.0. The molecule has 26 heavy (non-hydrogen) atoms. The third kappa shape index (κ3) is 2.89. The fourth-order valence-corrected chi connectivity index (χ4v) is 3.45. The second kappa shape index (κ2) is 6.74. The van der Waals surface area contributed by atoms with Gasteiger partial charge in [0, 0.05) is 44.6 Å². The predicted octanol–water partition coefficient (Wildman–Crippen LogP) is 2.37. The van der Waals surface area contributed by atoms with E-state index in [4.69, 9.17) is 4.98 Å². The van der Waals surface area contributed by atoms with Crippen LogP contribution < -0.4 is 4.90 Å². The molecule has 0 N–H and O–H groups in total. The first-order valence-corrected chi connectivity index (χ1v) is 8.92. The molecule has 1 aliphatic rings. The smallest absolute Gasteiger partial charge is 0.274 e. The highest BCUT2D eigenvalue weighted by Crippen LogP contribution is 2.27. The molecule has 4 rings (SSSR count). The van der Waals surface area contributed by atoms with Crippen LogP contribution in [-0.4, -0.2) is 56.5 Å². The number of piperazine rings is 1. The van der Waals surface area contributed by atoms with E-state index in [0.717, 1.165) is 30.1 Å². The van der Waals surface area contributed by atoms with E-state index in [1.165, 1.54) is 6.20 Å². The van der Waals surface area contributed by atoms with Crippen LogP contribution in [0, 0.1) is 0 Å². The van der Waals surface area contributed by atoms with Crippen molar-refractivity contribution in [3.8, 4) is 0 Å². The molecule has 2 aromatic heterocycles. The molecule has 134 valence electrons. The van der Waals surface area contributed by atoms with Gasteiger partial charge in [-0.2, -0.15) is 0 Å². The number of aromatic nitrogens is 4. The molecule has 0 saturated carbocycles. The molecule has 3 heterocycles. The number of amides is 1. The van der Waals surface area contributed by atoms with Crippen molar-refractivity contribution >= 4 is 22.9 Å². The van der Waals surface area contributed by atoms with Crippen LogP contribution in [0.2, 0.25) is 0 Å². The van der Waals surface area contributed by atoms with Crippen LogP contribution in [-0.2, 0) is 0 Å². The molecule has 1 saturated heterocycles. The standard InChI is InChI=1S/C19H22N6O/c1-14(2)25-17-6-4-3-5-15(17)22-19(25)24-11-9-23(10-12-24)18(26)16-13-20-7-8-21-16/h3-8,13-14H,9-12H2,1-2H3. The Morgan fingerprint density at radius 2 is 1.85 bits per heavy atom. The summed E-state index contributed by atoms with van der Waals surface area (Å²) in [6.45, 7) is 7.15. The van der Waals surface area contributed by atoms with E-state index in [9.17, 15) is 4.79 Å². The number of para-hydroxylation sites is 2. The summed E-state index contributed by atoms with van der Waals surface area (Å²) in [5, 5.41) is 0. The first-order chi connectivity index (χ1) is 12.6. The average molecular weight is 350 g/mol. The number of carbonyl (C=O) groups excluding carboxylic acids is 1. The van der Waals surface area contributed by atoms with Crippen molar-refractivity contribution in [2.24, 2.45) is 0 Å². The van der Waals surface area contributed by atoms with Gasteiger partial charge in [-0.3, -0.25) is 9.78 Å². The van der Waals surface area contributed by atoms with Crippen molar-refractivity contribution in [3.05, 3.63) is 48.5 Å². The van der Waals surface area contributed by atoms with E-state index in [1.54, 1.807) is 12.4 Å². The Morgan fingerprint density at radius 3 is 2.54 bits per heavy atom. The summed E-state index contributed by atoms with van der Waals surface area (Å²) in [7, 11) is 0. The quantitative estimate of drug-likeness (QED) is 0.725. The maximum absolute atomic E-state index is 12.5. The van der Waals surface area contributed by atoms with E-state index in [1.807, 2.05) is 23.1 Å². The molecule has 1 aromatic carbocycles. The van der Waals surface area contributed by atoms with E-state index in [0.29, 0.717) is 24.8 Å². The fourth-order valence-electron chi connectivity index (χ4n) is 3.45. The molecule has 1 aliphatic heterocycles. The summed E-state index contributed by atoms with van der Waals surface area (Å²) in [5.74, 6) is 0.919. The van der Waals surface area contributed by atoms with Gasteiger partial charge in [-0.05, 0) is 26.0 Å². The summed E-state index contributed by atoms with van der Waals surface area (Å²) in [6.07, 6.45) is 4.65. The fraction of sp³-hybridized carbons (Fsp3) is 0.368. The Bertz CT molecular complexity index is 912. The zero-order chi connectivity index (χ0) is 18.1. The van der Waals surface area contributed by atoms with E-state index >= 15 is 0 Å². The van der Waals surface area contributed by atoms with Gasteiger partial charge in [0.2, 0.25) is 5.95 Å². The minimum absolute atomic E-state index is 0.0601. The molecular weight excluding hydrogens is 328 g/mol. The minimum Gasteiger partial charge on any atom is -0.339 e. The van der Waals surface area contributed by atoms with Crippen LogP contribution in [0.25, 0.3) is 11.0 Å². The highest BCUT2D eigenvalue weighted by atomic mass is 16.2. The van der Waals surface area contributed by atoms with Gasteiger partial charge in [-0.25, -0.2) is 9.97 Å². The minimum atomic E-state index is -0.0601. The van der Waals surface area contributed by atoms with E-state index < -0.39 is 0 Å². The number of fused-ring (bicyclic) bond motifs is 1. The van der Waals surface area contributed by atoms with Crippen LogP contribution in [0.4, 0.5) is 5.95 Å². The van der Waals surface area contributed by atoms with Crippen molar-refractivity contribution in [1.29, 1.82) is 0 Å². The second-order valence-electron chi connectivity index (χ2n) is 6.73. The molecule has 0 radical (unpaired) electrons. The maximum Gasteiger partial charge on any atom is 0.274 e. The van der Waals surface area contributed by atoms with E-state index in [-0.39, 0.29) is 5.91 Å². The van der Waals surface area contributed by atoms with Crippen molar-refractivity contribution < 1.29 is 4.79 Å². The van der Waals surface area contributed by atoms with Gasteiger partial charge in [0.25, 0.3) is 5.91 Å². The van der Waals surface area contributed by atoms with Crippen LogP contribution in [0.3, 0.4) is 0 Å². The van der Waals surface area contributed by atoms with Gasteiger partial charge in [0.05, 0.1) is 17.2 Å². The zero-order valence-electron chi connectivity index (χ0n) is 15.0. The number of imidazole rings is 1. The molecule has 0 atom stereocenters. The topological polar surface area (TPSA) is 67.2 Å². The summed E-state index contributed by atoms with van der Waals surface area (Å²) in [6, 6.07) is 8.54. The Balaban J connectivity index is 1.54. The van der Waals surface area contributed by atoms with Gasteiger partial charge in [0.1, 0.15) is 5.69 Å². The van der Waals surface area contributed by atoms with Gasteiger partial charge in [0.15, 0.2) is 0 Å². The summed E-state index contributed by atoms with van der Waals surface area (Å²) >= 11 is 0. The van der Waals surface area contributed by atoms with Gasteiger partial charge < -0.3 is 14.4 Å². The molecule has 0 aliphatic carbocycles. The molecule has 1 amide bonds. The summed E-state index contributed by atoms with van der Waals surface area (Å²) < 4.78 is 2.27. The van der Waals surface area contributed by atoms with Crippen molar-refractivity contribution in [2.45, 2.75) is 19.9 Å². The summed E-state index contributed by atoms with van der Waals surface area (Å²) in [4.78, 5) is 29.6. The highest BCUT2D eigenvalue weighted by molar-refractivity contribution is 5.92. The lowest BCUT2D eigenvalue weighted by atomic mass is 10.3. The lowest BCUT2D eigenvalue weighted by molar-refractivity contribution is 0.0739. The third-order valence-electron chi connectivity index (χ3n) is 4.73. The number of hydrogen-bond acceptors (Lipinski definition) is 5. The molecule has 3 aromatic rings. The highest BCUT2D eigenvalue weighted by Gasteiger charge is 2.26. The SMILES string of the molecule is CC(C)n1c(N2CCN(C(=O)c3cnccn3)CC2)nc2ccccc21. The van der Waals surface area contributed by atoms with Crippen molar-refractivity contribution in [1.82, 2.24) is 24.4 Å². The largest absolute Gasteiger partial charge is 0.339 e. The molecular formula is C19H22N6O. The number of rotatable bonds is 3. The number of carbonyl (C=O) groups is 1. The van der Waals surface area contributed by atoms with Crippen LogP contribution in [0.15, 0.2) is 42.9 Å². The van der Waals surface area contributed by atoms with Gasteiger partial charge in [-0.1, -0.05) is 12.1 Å². The molecule has 7 heteroatoms. The first kappa shape index (κ1) is 16.5. The van der Waals surface area contributed by atoms with Crippen LogP contribution in [0.1, 0.15) is 30.4 Å². The number of benzene rings is 1. The predicted molar refractivity (Wildman–Crippen MR) is 100 cm³/mol. The van der Waals surface area contributed by atoms with Crippen LogP contribution >= 0.6 is 0 Å². The lowest BCUT2D eigenvalue weighted by Crippen LogP contribution is -2.49. The Hall–Kier alpha value is -2.96. The Kier molecular flexibility index (Phi) is 4.28. The molecule has 0 bridgehead atoms. The normalized spacial score (nSPS) is 15.0. The number of anilines is 1. The van der Waals surface area contributed by atoms with Crippen LogP contribution in [0.5, 0.6) is 0 Å². The van der Waals surface area contributed by atoms with Crippen molar-refractivity contribution in [2.75, 3.05) is 31.1 Å². The monoisotopic (exact) mass is 350 g/mol. The Labute approximate surface area is 152 Å². The molecule has 1 fully saturated rings. The van der Waals surface area contributed by atoms with E-state index in [2.05, 4.69) is 39.3 Å². The first-order valence-electron chi connectivity index (χ1n) is 8.92. The lowest BCUT2D eigenvalue weighted by Gasteiger charge is -2.35. The molecule has 7 nitrogen and oxygen atoms in total. The van der Waals surface area contributed by atoms with Gasteiger partial charge in [-0.15, -0.1) is 0 Å². The third-order valence-corrected chi connectivity index (χ3v) is 4.73. The van der Waals surface area contributed by atoms with Gasteiger partial charge >= 0.3 is 0 Å². The maximum atomic E-state index is 12.5. The number of hydrogen-bond donors (Lipinski definition) is 0. The molecule has 0 unspecified atom stereocenters. The number of nitrogens with zero attached hydrogens (tertiary/aromatic N) is 6. The average Bonchev–Trinajstić information content (AvgIpc) is 3.08.